The number of hydrogen-bond acceptors (Lipinski definition) is 6. The van der Waals surface area contributed by atoms with Gasteiger partial charge >= 0.3 is 0 Å². The fourth-order valence-corrected chi connectivity index (χ4v) is 4.08. The largest absolute Gasteiger partial charge is 0.496 e. The number of carbonyl (C=O) groups is 2. The van der Waals surface area contributed by atoms with Gasteiger partial charge in [-0.3, -0.25) is 9.59 Å². The Morgan fingerprint density at radius 2 is 2.12 bits per heavy atom. The lowest BCUT2D eigenvalue weighted by Crippen LogP contribution is -2.26. The van der Waals surface area contributed by atoms with Gasteiger partial charge in [-0.05, 0) is 17.6 Å². The van der Waals surface area contributed by atoms with Crippen LogP contribution in [0, 0.1) is 0 Å². The molecule has 24 heavy (non-hydrogen) atoms. The highest BCUT2D eigenvalue weighted by atomic mass is 16.5. The van der Waals surface area contributed by atoms with E-state index in [1.807, 2.05) is 0 Å². The van der Waals surface area contributed by atoms with E-state index in [4.69, 9.17) is 9.47 Å². The van der Waals surface area contributed by atoms with Crippen LogP contribution in [0.2, 0.25) is 0 Å². The van der Waals surface area contributed by atoms with Crippen LogP contribution >= 0.6 is 0 Å². The van der Waals surface area contributed by atoms with Crippen LogP contribution in [-0.2, 0) is 16.0 Å². The van der Waals surface area contributed by atoms with Crippen molar-refractivity contribution in [2.24, 2.45) is 0 Å². The Morgan fingerprint density at radius 3 is 2.83 bits per heavy atom. The van der Waals surface area contributed by atoms with Crippen molar-refractivity contribution in [1.29, 1.82) is 0 Å². The van der Waals surface area contributed by atoms with Crippen LogP contribution in [0.4, 0.5) is 0 Å². The van der Waals surface area contributed by atoms with Gasteiger partial charge in [0, 0.05) is 30.0 Å². The molecule has 1 heterocycles. The zero-order chi connectivity index (χ0) is 17.0. The number of allylic oxidation sites excluding steroid dienone is 2. The topological polar surface area (TPSA) is 93.1 Å². The van der Waals surface area contributed by atoms with Crippen molar-refractivity contribution in [2.75, 3.05) is 20.3 Å². The molecule has 2 unspecified atom stereocenters. The number of ketones is 2. The minimum atomic E-state index is -0.959. The quantitative estimate of drug-likeness (QED) is 0.795. The van der Waals surface area contributed by atoms with Gasteiger partial charge in [0.2, 0.25) is 0 Å². The second-order valence-corrected chi connectivity index (χ2v) is 6.39. The van der Waals surface area contributed by atoms with Crippen LogP contribution in [0.25, 0.3) is 5.57 Å². The summed E-state index contributed by atoms with van der Waals surface area (Å²) in [7, 11) is 1.55. The minimum Gasteiger partial charge on any atom is -0.496 e. The first-order valence-corrected chi connectivity index (χ1v) is 8.02. The number of rotatable bonds is 3. The maximum absolute atomic E-state index is 12.5. The fraction of sp³-hybridized carbons (Fsp3) is 0.444. The average Bonchev–Trinajstić information content (AvgIpc) is 3.17. The standard InChI is InChI=1S/C18H18O6/c1-23-14-5-15-17(10(7-24-15)13(22)6-19)9-4-12(21)18-8(16(9)14)2-3-11(18)20/h5,10,13,19,22H,2-4,6-7H2,1H3. The lowest BCUT2D eigenvalue weighted by Gasteiger charge is -2.25. The summed E-state index contributed by atoms with van der Waals surface area (Å²) >= 11 is 0. The van der Waals surface area contributed by atoms with E-state index >= 15 is 0 Å². The summed E-state index contributed by atoms with van der Waals surface area (Å²) in [6, 6.07) is 1.75. The van der Waals surface area contributed by atoms with Gasteiger partial charge in [-0.15, -0.1) is 0 Å². The summed E-state index contributed by atoms with van der Waals surface area (Å²) in [6.07, 6.45) is 0.00231. The van der Waals surface area contributed by atoms with E-state index in [0.29, 0.717) is 29.9 Å². The van der Waals surface area contributed by atoms with Gasteiger partial charge in [-0.2, -0.15) is 0 Å². The molecule has 0 spiro atoms. The molecule has 1 aromatic rings. The van der Waals surface area contributed by atoms with Gasteiger partial charge in [-0.25, -0.2) is 0 Å². The van der Waals surface area contributed by atoms with Crippen molar-refractivity contribution in [3.8, 4) is 11.5 Å². The molecule has 126 valence electrons. The molecule has 1 aromatic carbocycles. The molecule has 0 radical (unpaired) electrons. The summed E-state index contributed by atoms with van der Waals surface area (Å²) in [5.41, 5.74) is 3.36. The highest BCUT2D eigenvalue weighted by Gasteiger charge is 2.41. The van der Waals surface area contributed by atoms with Crippen molar-refractivity contribution >= 4 is 17.1 Å². The Labute approximate surface area is 138 Å². The Kier molecular flexibility index (Phi) is 3.47. The number of aliphatic hydroxyl groups excluding tert-OH is 2. The van der Waals surface area contributed by atoms with Gasteiger partial charge in [0.1, 0.15) is 11.5 Å². The predicted molar refractivity (Wildman–Crippen MR) is 84.2 cm³/mol. The van der Waals surface area contributed by atoms with Crippen LogP contribution in [0.5, 0.6) is 11.5 Å². The van der Waals surface area contributed by atoms with Gasteiger partial charge in [0.05, 0.1) is 37.9 Å². The molecular formula is C18H18O6. The van der Waals surface area contributed by atoms with Crippen molar-refractivity contribution in [1.82, 2.24) is 0 Å². The molecule has 0 fully saturated rings. The molecule has 0 saturated heterocycles. The second kappa shape index (κ2) is 5.43. The van der Waals surface area contributed by atoms with E-state index in [1.165, 1.54) is 0 Å². The second-order valence-electron chi connectivity index (χ2n) is 6.39. The number of aliphatic hydroxyl groups is 2. The maximum Gasteiger partial charge on any atom is 0.171 e. The average molecular weight is 330 g/mol. The lowest BCUT2D eigenvalue weighted by molar-refractivity contribution is -0.120. The molecule has 0 bridgehead atoms. The van der Waals surface area contributed by atoms with E-state index in [2.05, 4.69) is 0 Å². The fourth-order valence-electron chi connectivity index (χ4n) is 4.08. The third kappa shape index (κ3) is 1.96. The molecule has 2 N–H and O–H groups in total. The van der Waals surface area contributed by atoms with Gasteiger partial charge in [-0.1, -0.05) is 0 Å². The van der Waals surface area contributed by atoms with Gasteiger partial charge < -0.3 is 19.7 Å². The molecule has 3 aliphatic rings. The van der Waals surface area contributed by atoms with E-state index in [9.17, 15) is 19.8 Å². The van der Waals surface area contributed by atoms with E-state index in [-0.39, 0.29) is 31.2 Å². The first-order valence-electron chi connectivity index (χ1n) is 8.02. The highest BCUT2D eigenvalue weighted by molar-refractivity contribution is 6.29. The van der Waals surface area contributed by atoms with Crippen molar-refractivity contribution in [3.63, 3.8) is 0 Å². The number of Topliss-reactive ketones (excluding diaryl/α,β-unsaturated/α-hetero) is 2. The Hall–Kier alpha value is -2.18. The Bertz CT molecular complexity index is 791. The molecule has 6 nitrogen and oxygen atoms in total. The van der Waals surface area contributed by atoms with Crippen LogP contribution in [0.3, 0.4) is 0 Å². The van der Waals surface area contributed by atoms with Crippen LogP contribution < -0.4 is 9.47 Å². The third-order valence-electron chi connectivity index (χ3n) is 5.16. The number of methoxy groups -OCH3 is 1. The summed E-state index contributed by atoms with van der Waals surface area (Å²) in [4.78, 5) is 24.6. The smallest absolute Gasteiger partial charge is 0.171 e. The molecule has 6 heteroatoms. The van der Waals surface area contributed by atoms with Crippen molar-refractivity contribution < 1.29 is 29.3 Å². The van der Waals surface area contributed by atoms with Gasteiger partial charge in [0.15, 0.2) is 11.6 Å². The number of carbonyl (C=O) groups excluding carboxylic acids is 2. The predicted octanol–water partition coefficient (Wildman–Crippen LogP) is 0.766. The molecule has 4 rings (SSSR count). The summed E-state index contributed by atoms with van der Waals surface area (Å²) in [6.45, 7) is -0.135. The van der Waals surface area contributed by atoms with Crippen molar-refractivity contribution in [3.05, 3.63) is 28.3 Å². The molecule has 2 aliphatic carbocycles. The molecule has 0 amide bonds. The van der Waals surface area contributed by atoms with E-state index in [1.54, 1.807) is 13.2 Å². The molecule has 0 aromatic heterocycles. The van der Waals surface area contributed by atoms with Gasteiger partial charge in [0.25, 0.3) is 0 Å². The third-order valence-corrected chi connectivity index (χ3v) is 5.16. The number of benzene rings is 1. The van der Waals surface area contributed by atoms with Crippen molar-refractivity contribution in [2.45, 2.75) is 31.3 Å². The monoisotopic (exact) mass is 330 g/mol. The summed E-state index contributed by atoms with van der Waals surface area (Å²) in [5, 5.41) is 19.4. The molecule has 0 saturated carbocycles. The molecular weight excluding hydrogens is 312 g/mol. The first kappa shape index (κ1) is 15.4. The number of ether oxygens (including phenoxy) is 2. The maximum atomic E-state index is 12.5. The molecule has 2 atom stereocenters. The first-order chi connectivity index (χ1) is 11.6. The zero-order valence-electron chi connectivity index (χ0n) is 13.3. The zero-order valence-corrected chi connectivity index (χ0v) is 13.3. The Balaban J connectivity index is 1.98. The van der Waals surface area contributed by atoms with E-state index < -0.39 is 12.0 Å². The molecule has 1 aliphatic heterocycles. The lowest BCUT2D eigenvalue weighted by atomic mass is 9.79. The number of hydrogen-bond donors (Lipinski definition) is 2. The van der Waals surface area contributed by atoms with Crippen LogP contribution in [0.15, 0.2) is 11.6 Å². The normalized spacial score (nSPS) is 22.9. The summed E-state index contributed by atoms with van der Waals surface area (Å²) < 4.78 is 11.2. The van der Waals surface area contributed by atoms with E-state index in [0.717, 1.165) is 22.3 Å². The SMILES string of the molecule is COc1cc2c(c3c1C1=C(C(=O)CC1)C(=O)C3)C(C(O)CO)CO2. The van der Waals surface area contributed by atoms with Crippen LogP contribution in [-0.4, -0.2) is 48.2 Å². The number of fused-ring (bicyclic) bond motifs is 4. The van der Waals surface area contributed by atoms with Crippen LogP contribution in [0.1, 0.15) is 35.4 Å². The highest BCUT2D eigenvalue weighted by Crippen LogP contribution is 2.50. The Morgan fingerprint density at radius 1 is 1.33 bits per heavy atom. The summed E-state index contributed by atoms with van der Waals surface area (Å²) in [5.74, 6) is 0.476. The minimum absolute atomic E-state index is 0.0947.